The van der Waals surface area contributed by atoms with Gasteiger partial charge in [0.15, 0.2) is 0 Å². The molecule has 0 heterocycles. The predicted molar refractivity (Wildman–Crippen MR) is 83.0 cm³/mol. The van der Waals surface area contributed by atoms with Gasteiger partial charge in [0.05, 0.1) is 6.61 Å². The van der Waals surface area contributed by atoms with Gasteiger partial charge < -0.3 is 10.1 Å². The monoisotopic (exact) mass is 309 g/mol. The van der Waals surface area contributed by atoms with Gasteiger partial charge in [-0.2, -0.15) is 17.0 Å². The predicted octanol–water partition coefficient (Wildman–Crippen LogP) is 0.910. The van der Waals surface area contributed by atoms with Crippen LogP contribution in [0.25, 0.3) is 0 Å². The molecule has 0 aliphatic rings. The summed E-state index contributed by atoms with van der Waals surface area (Å²) in [5.74, 6) is 0. The molecule has 7 heteroatoms. The Morgan fingerprint density at radius 3 is 2.35 bits per heavy atom. The lowest BCUT2D eigenvalue weighted by atomic mass is 10.3. The first-order chi connectivity index (χ1) is 9.36. The zero-order chi connectivity index (χ0) is 15.6. The molecule has 0 aromatic carbocycles. The average Bonchev–Trinajstić information content (AvgIpc) is 2.38. The molecule has 122 valence electrons. The van der Waals surface area contributed by atoms with Crippen molar-refractivity contribution in [3.05, 3.63) is 0 Å². The van der Waals surface area contributed by atoms with Gasteiger partial charge in [0.1, 0.15) is 0 Å². The molecule has 1 N–H and O–H groups in total. The molecule has 0 unspecified atom stereocenters. The van der Waals surface area contributed by atoms with E-state index in [9.17, 15) is 8.42 Å². The smallest absolute Gasteiger partial charge is 0.281 e. The molecular weight excluding hydrogens is 278 g/mol. The Bertz CT molecular complexity index is 334. The lowest BCUT2D eigenvalue weighted by Crippen LogP contribution is -2.44. The first-order valence-electron chi connectivity index (χ1n) is 7.38. The van der Waals surface area contributed by atoms with Gasteiger partial charge in [0, 0.05) is 39.3 Å². The first-order valence-corrected chi connectivity index (χ1v) is 8.78. The second-order valence-electron chi connectivity index (χ2n) is 4.98. The van der Waals surface area contributed by atoms with Crippen LogP contribution in [0.2, 0.25) is 0 Å². The van der Waals surface area contributed by atoms with Crippen LogP contribution in [0.3, 0.4) is 0 Å². The number of ether oxygens (including phenoxy) is 1. The summed E-state index contributed by atoms with van der Waals surface area (Å²) < 4.78 is 32.8. The quantitative estimate of drug-likeness (QED) is 0.544. The Kier molecular flexibility index (Phi) is 10.4. The molecule has 0 fully saturated rings. The molecule has 0 bridgehead atoms. The summed E-state index contributed by atoms with van der Waals surface area (Å²) in [4.78, 5) is 0. The number of likely N-dealkylation sites (N-methyl/N-ethyl adjacent to an activating group) is 1. The van der Waals surface area contributed by atoms with Gasteiger partial charge in [0.25, 0.3) is 10.2 Å². The highest BCUT2D eigenvalue weighted by atomic mass is 32.2. The van der Waals surface area contributed by atoms with Crippen LogP contribution in [0.5, 0.6) is 0 Å². The number of rotatable bonds is 12. The van der Waals surface area contributed by atoms with Crippen molar-refractivity contribution in [3.63, 3.8) is 0 Å². The summed E-state index contributed by atoms with van der Waals surface area (Å²) in [6, 6.07) is 0.426. The highest BCUT2D eigenvalue weighted by Gasteiger charge is 2.24. The molecule has 0 saturated heterocycles. The minimum Gasteiger partial charge on any atom is -0.380 e. The summed E-state index contributed by atoms with van der Waals surface area (Å²) >= 11 is 0. The number of hydrogen-bond acceptors (Lipinski definition) is 4. The molecular formula is C13H31N3O3S. The van der Waals surface area contributed by atoms with Crippen molar-refractivity contribution in [1.29, 1.82) is 0 Å². The topological polar surface area (TPSA) is 61.9 Å². The van der Waals surface area contributed by atoms with Gasteiger partial charge in [-0.25, -0.2) is 0 Å². The molecule has 0 radical (unpaired) electrons. The first kappa shape index (κ1) is 19.8. The standard InChI is InChI=1S/C13H31N3O3S/c1-6-16(11-12-19-7-2)20(17,18)15(5)10-8-9-14-13(3)4/h13-14H,6-12H2,1-5H3. The van der Waals surface area contributed by atoms with Crippen molar-refractivity contribution in [2.75, 3.05) is 46.4 Å². The van der Waals surface area contributed by atoms with Crippen LogP contribution >= 0.6 is 0 Å². The van der Waals surface area contributed by atoms with Crippen LogP contribution < -0.4 is 5.32 Å². The molecule has 0 saturated carbocycles. The normalized spacial score (nSPS) is 12.8. The summed E-state index contributed by atoms with van der Waals surface area (Å²) in [5.41, 5.74) is 0. The lowest BCUT2D eigenvalue weighted by Gasteiger charge is -2.26. The van der Waals surface area contributed by atoms with Gasteiger partial charge in [-0.05, 0) is 19.9 Å². The van der Waals surface area contributed by atoms with E-state index in [2.05, 4.69) is 19.2 Å². The molecule has 0 rings (SSSR count). The fourth-order valence-corrected chi connectivity index (χ4v) is 3.14. The van der Waals surface area contributed by atoms with Crippen molar-refractivity contribution in [2.24, 2.45) is 0 Å². The highest BCUT2D eigenvalue weighted by Crippen LogP contribution is 2.06. The molecule has 0 aromatic heterocycles. The third-order valence-corrected chi connectivity index (χ3v) is 5.03. The molecule has 0 spiro atoms. The molecule has 0 atom stereocenters. The zero-order valence-electron chi connectivity index (χ0n) is 13.6. The fraction of sp³-hybridized carbons (Fsp3) is 1.00. The van der Waals surface area contributed by atoms with E-state index in [0.29, 0.717) is 38.9 Å². The van der Waals surface area contributed by atoms with E-state index < -0.39 is 10.2 Å². The SMILES string of the molecule is CCOCCN(CC)S(=O)(=O)N(C)CCCNC(C)C. The Morgan fingerprint density at radius 2 is 1.85 bits per heavy atom. The number of hydrogen-bond donors (Lipinski definition) is 1. The minimum absolute atomic E-state index is 0.404. The van der Waals surface area contributed by atoms with E-state index in [0.717, 1.165) is 13.0 Å². The van der Waals surface area contributed by atoms with Crippen molar-refractivity contribution in [1.82, 2.24) is 13.9 Å². The second kappa shape index (κ2) is 10.5. The Labute approximate surface area is 124 Å². The molecule has 6 nitrogen and oxygen atoms in total. The van der Waals surface area contributed by atoms with Crippen molar-refractivity contribution >= 4 is 10.2 Å². The molecule has 0 amide bonds. The summed E-state index contributed by atoms with van der Waals surface area (Å²) in [7, 11) is -1.74. The van der Waals surface area contributed by atoms with E-state index in [-0.39, 0.29) is 0 Å². The van der Waals surface area contributed by atoms with Crippen molar-refractivity contribution in [2.45, 2.75) is 40.2 Å². The summed E-state index contributed by atoms with van der Waals surface area (Å²) in [6.45, 7) is 11.2. The van der Waals surface area contributed by atoms with E-state index in [1.54, 1.807) is 7.05 Å². The maximum atomic E-state index is 12.4. The zero-order valence-corrected chi connectivity index (χ0v) is 14.4. The minimum atomic E-state index is -3.37. The Hall–Kier alpha value is -0.210. The summed E-state index contributed by atoms with van der Waals surface area (Å²) in [6.07, 6.45) is 0.803. The average molecular weight is 309 g/mol. The van der Waals surface area contributed by atoms with E-state index >= 15 is 0 Å². The van der Waals surface area contributed by atoms with E-state index in [1.165, 1.54) is 8.61 Å². The number of nitrogens with one attached hydrogen (secondary N) is 1. The third kappa shape index (κ3) is 7.54. The fourth-order valence-electron chi connectivity index (χ4n) is 1.75. The van der Waals surface area contributed by atoms with Crippen molar-refractivity contribution < 1.29 is 13.2 Å². The molecule has 20 heavy (non-hydrogen) atoms. The Morgan fingerprint density at radius 1 is 1.20 bits per heavy atom. The van der Waals surface area contributed by atoms with Crippen LogP contribution in [0.1, 0.15) is 34.1 Å². The number of nitrogens with zero attached hydrogens (tertiary/aromatic N) is 2. The Balaban J connectivity index is 4.28. The van der Waals surface area contributed by atoms with Gasteiger partial charge in [0.2, 0.25) is 0 Å². The van der Waals surface area contributed by atoms with E-state index in [1.807, 2.05) is 13.8 Å². The van der Waals surface area contributed by atoms with Gasteiger partial charge in [-0.1, -0.05) is 20.8 Å². The van der Waals surface area contributed by atoms with Gasteiger partial charge in [-0.15, -0.1) is 0 Å². The third-order valence-electron chi connectivity index (χ3n) is 2.96. The van der Waals surface area contributed by atoms with Gasteiger partial charge >= 0.3 is 0 Å². The second-order valence-corrected chi connectivity index (χ2v) is 7.02. The molecule has 0 aromatic rings. The van der Waals surface area contributed by atoms with Crippen LogP contribution in [-0.2, 0) is 14.9 Å². The van der Waals surface area contributed by atoms with E-state index in [4.69, 9.17) is 4.74 Å². The lowest BCUT2D eigenvalue weighted by molar-refractivity contribution is 0.134. The van der Waals surface area contributed by atoms with Crippen LogP contribution in [0, 0.1) is 0 Å². The summed E-state index contributed by atoms with van der Waals surface area (Å²) in [5, 5.41) is 3.28. The largest absolute Gasteiger partial charge is 0.380 e. The van der Waals surface area contributed by atoms with Crippen LogP contribution in [0.4, 0.5) is 0 Å². The maximum absolute atomic E-state index is 12.4. The van der Waals surface area contributed by atoms with Crippen LogP contribution in [0.15, 0.2) is 0 Å². The van der Waals surface area contributed by atoms with Gasteiger partial charge in [-0.3, -0.25) is 0 Å². The maximum Gasteiger partial charge on any atom is 0.281 e. The molecule has 0 aliphatic carbocycles. The molecule has 0 aliphatic heterocycles. The van der Waals surface area contributed by atoms with Crippen LogP contribution in [-0.4, -0.2) is 69.5 Å². The highest BCUT2D eigenvalue weighted by molar-refractivity contribution is 7.86. The van der Waals surface area contributed by atoms with Crippen molar-refractivity contribution in [3.8, 4) is 0 Å².